The molecule has 6 heteroatoms. The Balaban J connectivity index is 1.40. The van der Waals surface area contributed by atoms with Crippen molar-refractivity contribution in [3.63, 3.8) is 0 Å². The summed E-state index contributed by atoms with van der Waals surface area (Å²) in [5.41, 5.74) is 3.32. The highest BCUT2D eigenvalue weighted by molar-refractivity contribution is 6.04. The molecule has 2 heterocycles. The molecule has 146 valence electrons. The minimum atomic E-state index is -0.186. The van der Waals surface area contributed by atoms with Crippen LogP contribution in [-0.2, 0) is 6.54 Å². The number of carbonyl (C=O) groups is 2. The molecular formula is C23H22N4O2. The zero-order valence-electron chi connectivity index (χ0n) is 16.2. The van der Waals surface area contributed by atoms with Gasteiger partial charge >= 0.3 is 6.03 Å². The van der Waals surface area contributed by atoms with E-state index in [1.807, 2.05) is 60.4 Å². The number of carbonyl (C=O) groups excluding carboxylic acids is 2. The molecule has 1 aliphatic rings. The summed E-state index contributed by atoms with van der Waals surface area (Å²) in [4.78, 5) is 33.0. The lowest BCUT2D eigenvalue weighted by Gasteiger charge is -2.18. The van der Waals surface area contributed by atoms with Crippen LogP contribution >= 0.6 is 0 Å². The highest BCUT2D eigenvalue weighted by Crippen LogP contribution is 2.21. The smallest absolute Gasteiger partial charge is 0.321 e. The molecule has 1 N–H and O–H groups in total. The van der Waals surface area contributed by atoms with Gasteiger partial charge in [0.15, 0.2) is 0 Å². The molecule has 0 atom stereocenters. The van der Waals surface area contributed by atoms with Crippen molar-refractivity contribution in [3.05, 3.63) is 89.6 Å². The fourth-order valence-corrected chi connectivity index (χ4v) is 3.35. The number of nitrogens with zero attached hydrogens (tertiary/aromatic N) is 3. The van der Waals surface area contributed by atoms with Crippen LogP contribution in [0.5, 0.6) is 0 Å². The number of hydrogen-bond acceptors (Lipinski definition) is 3. The van der Waals surface area contributed by atoms with E-state index in [2.05, 4.69) is 10.3 Å². The van der Waals surface area contributed by atoms with Crippen molar-refractivity contribution in [2.75, 3.05) is 23.3 Å². The van der Waals surface area contributed by atoms with Crippen molar-refractivity contribution in [1.82, 2.24) is 9.88 Å². The van der Waals surface area contributed by atoms with E-state index < -0.39 is 0 Å². The first-order valence-corrected chi connectivity index (χ1v) is 9.54. The number of hydrogen-bond donors (Lipinski definition) is 1. The molecule has 0 aliphatic carbocycles. The third kappa shape index (κ3) is 4.27. The lowest BCUT2D eigenvalue weighted by molar-refractivity contribution is 0.102. The highest BCUT2D eigenvalue weighted by atomic mass is 16.2. The molecule has 0 radical (unpaired) electrons. The van der Waals surface area contributed by atoms with Crippen LogP contribution in [0, 0.1) is 6.92 Å². The van der Waals surface area contributed by atoms with Gasteiger partial charge in [-0.15, -0.1) is 0 Å². The predicted octanol–water partition coefficient (Wildman–Crippen LogP) is 4.08. The fourth-order valence-electron chi connectivity index (χ4n) is 3.35. The SMILES string of the molecule is Cc1cccc(C(=O)Nc2ccc(N3CCN(Cc4ccccc4)C3=O)nc2)c1. The summed E-state index contributed by atoms with van der Waals surface area (Å²) < 4.78 is 0. The van der Waals surface area contributed by atoms with Gasteiger partial charge in [-0.2, -0.15) is 0 Å². The Morgan fingerprint density at radius 1 is 1.03 bits per heavy atom. The molecule has 1 saturated heterocycles. The Kier molecular flexibility index (Phi) is 5.24. The van der Waals surface area contributed by atoms with Crippen LogP contribution in [0.2, 0.25) is 0 Å². The number of aryl methyl sites for hydroxylation is 1. The molecule has 1 aliphatic heterocycles. The maximum atomic E-state index is 12.7. The van der Waals surface area contributed by atoms with E-state index >= 15 is 0 Å². The average Bonchev–Trinajstić information content (AvgIpc) is 3.09. The topological polar surface area (TPSA) is 65.5 Å². The second kappa shape index (κ2) is 8.14. The fraction of sp³-hybridized carbons (Fsp3) is 0.174. The number of benzene rings is 2. The summed E-state index contributed by atoms with van der Waals surface area (Å²) in [5.74, 6) is 0.397. The normalized spacial score (nSPS) is 13.6. The molecule has 1 aromatic heterocycles. The largest absolute Gasteiger partial charge is 0.326 e. The lowest BCUT2D eigenvalue weighted by atomic mass is 10.1. The Labute approximate surface area is 169 Å². The van der Waals surface area contributed by atoms with Gasteiger partial charge in [0.2, 0.25) is 0 Å². The number of pyridine rings is 1. The number of rotatable bonds is 5. The molecule has 0 bridgehead atoms. The van der Waals surface area contributed by atoms with Crippen LogP contribution < -0.4 is 10.2 Å². The second-order valence-corrected chi connectivity index (χ2v) is 7.07. The first-order chi connectivity index (χ1) is 14.1. The molecule has 6 nitrogen and oxygen atoms in total. The van der Waals surface area contributed by atoms with Gasteiger partial charge in [-0.05, 0) is 36.8 Å². The minimum Gasteiger partial charge on any atom is -0.321 e. The zero-order valence-corrected chi connectivity index (χ0v) is 16.2. The van der Waals surface area contributed by atoms with Crippen LogP contribution in [0.15, 0.2) is 72.9 Å². The molecule has 4 rings (SSSR count). The van der Waals surface area contributed by atoms with Crippen LogP contribution in [0.3, 0.4) is 0 Å². The summed E-state index contributed by atoms with van der Waals surface area (Å²) in [7, 11) is 0. The van der Waals surface area contributed by atoms with E-state index in [9.17, 15) is 9.59 Å². The Morgan fingerprint density at radius 2 is 1.86 bits per heavy atom. The molecule has 2 aromatic carbocycles. The first kappa shape index (κ1) is 18.7. The quantitative estimate of drug-likeness (QED) is 0.718. The third-order valence-electron chi connectivity index (χ3n) is 4.87. The number of nitrogens with one attached hydrogen (secondary N) is 1. The van der Waals surface area contributed by atoms with Gasteiger partial charge in [-0.1, -0.05) is 48.0 Å². The monoisotopic (exact) mass is 386 g/mol. The Hall–Kier alpha value is -3.67. The van der Waals surface area contributed by atoms with E-state index in [0.717, 1.165) is 11.1 Å². The van der Waals surface area contributed by atoms with E-state index in [1.54, 1.807) is 29.3 Å². The first-order valence-electron chi connectivity index (χ1n) is 9.54. The van der Waals surface area contributed by atoms with Gasteiger partial charge < -0.3 is 10.2 Å². The van der Waals surface area contributed by atoms with Gasteiger partial charge in [-0.3, -0.25) is 9.69 Å². The van der Waals surface area contributed by atoms with E-state index in [1.165, 1.54) is 0 Å². The number of amides is 3. The summed E-state index contributed by atoms with van der Waals surface area (Å²) in [6, 6.07) is 20.8. The highest BCUT2D eigenvalue weighted by Gasteiger charge is 2.30. The van der Waals surface area contributed by atoms with Crippen LogP contribution in [0.25, 0.3) is 0 Å². The predicted molar refractivity (Wildman–Crippen MR) is 113 cm³/mol. The maximum absolute atomic E-state index is 12.7. The zero-order chi connectivity index (χ0) is 20.2. The molecule has 3 amide bonds. The standard InChI is InChI=1S/C23H22N4O2/c1-17-6-5-9-19(14-17)22(28)25-20-10-11-21(24-15-20)27-13-12-26(23(27)29)16-18-7-3-2-4-8-18/h2-11,14-15H,12-13,16H2,1H3,(H,25,28). The third-order valence-corrected chi connectivity index (χ3v) is 4.87. The van der Waals surface area contributed by atoms with Crippen molar-refractivity contribution >= 4 is 23.4 Å². The summed E-state index contributed by atoms with van der Waals surface area (Å²) >= 11 is 0. The Morgan fingerprint density at radius 3 is 2.59 bits per heavy atom. The second-order valence-electron chi connectivity index (χ2n) is 7.07. The lowest BCUT2D eigenvalue weighted by Crippen LogP contribution is -2.31. The Bertz CT molecular complexity index is 1020. The van der Waals surface area contributed by atoms with Crippen LogP contribution in [0.4, 0.5) is 16.3 Å². The van der Waals surface area contributed by atoms with Crippen molar-refractivity contribution in [3.8, 4) is 0 Å². The minimum absolute atomic E-state index is 0.0575. The molecule has 1 fully saturated rings. The number of aromatic nitrogens is 1. The molecular weight excluding hydrogens is 364 g/mol. The van der Waals surface area contributed by atoms with Gasteiger partial charge in [0, 0.05) is 25.2 Å². The van der Waals surface area contributed by atoms with Gasteiger partial charge in [0.25, 0.3) is 5.91 Å². The van der Waals surface area contributed by atoms with Gasteiger partial charge in [0.05, 0.1) is 11.9 Å². The maximum Gasteiger partial charge on any atom is 0.326 e. The van der Waals surface area contributed by atoms with Gasteiger partial charge in [-0.25, -0.2) is 9.78 Å². The van der Waals surface area contributed by atoms with E-state index in [-0.39, 0.29) is 11.9 Å². The van der Waals surface area contributed by atoms with Crippen molar-refractivity contribution in [2.24, 2.45) is 0 Å². The molecule has 0 unspecified atom stereocenters. The van der Waals surface area contributed by atoms with Crippen molar-refractivity contribution in [1.29, 1.82) is 0 Å². The molecule has 0 spiro atoms. The van der Waals surface area contributed by atoms with Gasteiger partial charge in [0.1, 0.15) is 5.82 Å². The van der Waals surface area contributed by atoms with E-state index in [0.29, 0.717) is 36.7 Å². The molecule has 29 heavy (non-hydrogen) atoms. The summed E-state index contributed by atoms with van der Waals surface area (Å²) in [6.07, 6.45) is 1.58. The van der Waals surface area contributed by atoms with E-state index in [4.69, 9.17) is 0 Å². The summed E-state index contributed by atoms with van der Waals surface area (Å²) in [5, 5.41) is 2.84. The van der Waals surface area contributed by atoms with Crippen LogP contribution in [-0.4, -0.2) is 34.9 Å². The molecule has 3 aromatic rings. The number of anilines is 2. The summed E-state index contributed by atoms with van der Waals surface area (Å²) in [6.45, 7) is 3.77. The number of urea groups is 1. The molecule has 0 saturated carbocycles. The van der Waals surface area contributed by atoms with Crippen molar-refractivity contribution in [2.45, 2.75) is 13.5 Å². The van der Waals surface area contributed by atoms with Crippen LogP contribution in [0.1, 0.15) is 21.5 Å². The van der Waals surface area contributed by atoms with Crippen molar-refractivity contribution < 1.29 is 9.59 Å². The average molecular weight is 386 g/mol.